The van der Waals surface area contributed by atoms with Gasteiger partial charge in [-0.2, -0.15) is 26.3 Å². The van der Waals surface area contributed by atoms with E-state index in [1.807, 2.05) is 0 Å². The maximum Gasteiger partial charge on any atom is 0.412 e. The highest BCUT2D eigenvalue weighted by Gasteiger charge is 2.70. The van der Waals surface area contributed by atoms with Gasteiger partial charge in [0.15, 0.2) is 0 Å². The van der Waals surface area contributed by atoms with Gasteiger partial charge in [0, 0.05) is 5.75 Å². The minimum atomic E-state index is -5.26. The molecular weight excluding hydrogens is 230 g/mol. The molecule has 0 saturated carbocycles. The van der Waals surface area contributed by atoms with Crippen molar-refractivity contribution < 1.29 is 26.3 Å². The van der Waals surface area contributed by atoms with E-state index in [2.05, 4.69) is 0 Å². The molecule has 0 bridgehead atoms. The molecule has 1 rings (SSSR count). The van der Waals surface area contributed by atoms with E-state index in [-0.39, 0.29) is 17.5 Å². The minimum absolute atomic E-state index is 0.112. The van der Waals surface area contributed by atoms with Crippen LogP contribution < -0.4 is 0 Å². The van der Waals surface area contributed by atoms with Gasteiger partial charge in [0.25, 0.3) is 0 Å². The highest BCUT2D eigenvalue weighted by Crippen LogP contribution is 2.55. The number of thioether (sulfide) groups is 1. The largest absolute Gasteiger partial charge is 0.412 e. The van der Waals surface area contributed by atoms with Crippen LogP contribution in [0.15, 0.2) is 12.2 Å². The third-order valence-electron chi connectivity index (χ3n) is 1.91. The van der Waals surface area contributed by atoms with Crippen molar-refractivity contribution in [3.63, 3.8) is 0 Å². The zero-order valence-electron chi connectivity index (χ0n) is 6.74. The molecule has 0 aliphatic carbocycles. The van der Waals surface area contributed by atoms with Gasteiger partial charge in [0.1, 0.15) is 0 Å². The van der Waals surface area contributed by atoms with Crippen LogP contribution in [0.25, 0.3) is 0 Å². The van der Waals surface area contributed by atoms with Crippen molar-refractivity contribution in [2.45, 2.75) is 23.5 Å². The van der Waals surface area contributed by atoms with Crippen LogP contribution in [0.5, 0.6) is 0 Å². The molecule has 0 saturated heterocycles. The summed E-state index contributed by atoms with van der Waals surface area (Å²) in [4.78, 5) is 0. The lowest BCUT2D eigenvalue weighted by Crippen LogP contribution is -2.54. The lowest BCUT2D eigenvalue weighted by atomic mass is 10.0. The van der Waals surface area contributed by atoms with Crippen molar-refractivity contribution in [3.8, 4) is 0 Å². The molecule has 1 heterocycles. The van der Waals surface area contributed by atoms with Gasteiger partial charge in [0.05, 0.1) is 0 Å². The standard InChI is InChI=1S/C7H6F6S/c8-6(9,10)5(7(11,12)13)3-1-2-4-14-5/h1-2H,3-4H2. The summed E-state index contributed by atoms with van der Waals surface area (Å²) >= 11 is -0.112. The first-order valence-electron chi connectivity index (χ1n) is 3.63. The van der Waals surface area contributed by atoms with E-state index in [1.165, 1.54) is 6.08 Å². The third kappa shape index (κ3) is 1.74. The molecule has 1 aliphatic heterocycles. The lowest BCUT2D eigenvalue weighted by molar-refractivity contribution is -0.263. The number of hydrogen-bond acceptors (Lipinski definition) is 1. The molecule has 0 aromatic rings. The number of allylic oxidation sites excluding steroid dienone is 1. The van der Waals surface area contributed by atoms with Gasteiger partial charge in [-0.25, -0.2) is 0 Å². The van der Waals surface area contributed by atoms with Crippen LogP contribution in [0.4, 0.5) is 26.3 Å². The third-order valence-corrected chi connectivity index (χ3v) is 3.40. The Morgan fingerprint density at radius 1 is 0.929 bits per heavy atom. The summed E-state index contributed by atoms with van der Waals surface area (Å²) in [7, 11) is 0. The van der Waals surface area contributed by atoms with E-state index in [0.29, 0.717) is 0 Å². The number of alkyl halides is 6. The van der Waals surface area contributed by atoms with Gasteiger partial charge < -0.3 is 0 Å². The van der Waals surface area contributed by atoms with E-state index >= 15 is 0 Å². The Hall–Kier alpha value is -0.330. The van der Waals surface area contributed by atoms with E-state index in [1.54, 1.807) is 0 Å². The van der Waals surface area contributed by atoms with Crippen LogP contribution in [0.1, 0.15) is 6.42 Å². The fourth-order valence-electron chi connectivity index (χ4n) is 1.12. The molecule has 0 radical (unpaired) electrons. The Kier molecular flexibility index (Phi) is 2.82. The zero-order chi connectivity index (χ0) is 11.0. The number of halogens is 6. The van der Waals surface area contributed by atoms with Crippen molar-refractivity contribution in [1.82, 2.24) is 0 Å². The average Bonchev–Trinajstić information content (AvgIpc) is 2.02. The summed E-state index contributed by atoms with van der Waals surface area (Å²) in [6, 6.07) is 0. The molecular formula is C7H6F6S. The second-order valence-corrected chi connectivity index (χ2v) is 4.13. The SMILES string of the molecule is FC(F)(F)C1(C(F)(F)F)CC=CCS1. The van der Waals surface area contributed by atoms with Crippen molar-refractivity contribution in [3.05, 3.63) is 12.2 Å². The van der Waals surface area contributed by atoms with Crippen molar-refractivity contribution >= 4 is 11.8 Å². The van der Waals surface area contributed by atoms with Gasteiger partial charge in [-0.05, 0) is 6.42 Å². The summed E-state index contributed by atoms with van der Waals surface area (Å²) < 4.78 is 70.3. The normalized spacial score (nSPS) is 22.4. The Morgan fingerprint density at radius 2 is 1.43 bits per heavy atom. The quantitative estimate of drug-likeness (QED) is 0.458. The van der Waals surface area contributed by atoms with E-state index < -0.39 is 23.5 Å². The summed E-state index contributed by atoms with van der Waals surface area (Å²) in [5.74, 6) is -0.265. The molecule has 0 aromatic heterocycles. The zero-order valence-corrected chi connectivity index (χ0v) is 7.56. The molecule has 0 fully saturated rings. The maximum absolute atomic E-state index is 12.3. The topological polar surface area (TPSA) is 0 Å². The van der Waals surface area contributed by atoms with Crippen LogP contribution >= 0.6 is 11.8 Å². The molecule has 0 spiro atoms. The smallest absolute Gasteiger partial charge is 0.169 e. The van der Waals surface area contributed by atoms with Crippen molar-refractivity contribution in [2.24, 2.45) is 0 Å². The highest BCUT2D eigenvalue weighted by molar-refractivity contribution is 8.01. The summed E-state index contributed by atoms with van der Waals surface area (Å²) in [5, 5.41) is 0. The van der Waals surface area contributed by atoms with Crippen molar-refractivity contribution in [2.75, 3.05) is 5.75 Å². The molecule has 82 valence electrons. The number of hydrogen-bond donors (Lipinski definition) is 0. The van der Waals surface area contributed by atoms with Crippen LogP contribution in [0.2, 0.25) is 0 Å². The molecule has 0 aromatic carbocycles. The van der Waals surface area contributed by atoms with E-state index in [9.17, 15) is 26.3 Å². The predicted molar refractivity (Wildman–Crippen MR) is 41.1 cm³/mol. The molecule has 0 nitrogen and oxygen atoms in total. The second kappa shape index (κ2) is 3.36. The first-order valence-corrected chi connectivity index (χ1v) is 4.62. The van der Waals surface area contributed by atoms with Crippen LogP contribution in [0.3, 0.4) is 0 Å². The van der Waals surface area contributed by atoms with E-state index in [4.69, 9.17) is 0 Å². The molecule has 14 heavy (non-hydrogen) atoms. The summed E-state index contributed by atoms with van der Waals surface area (Å²) in [5.41, 5.74) is 0. The fraction of sp³-hybridized carbons (Fsp3) is 0.714. The molecule has 0 unspecified atom stereocenters. The van der Waals surface area contributed by atoms with Gasteiger partial charge in [-0.15, -0.1) is 11.8 Å². The fourth-order valence-corrected chi connectivity index (χ4v) is 2.18. The lowest BCUT2D eigenvalue weighted by Gasteiger charge is -2.37. The first-order chi connectivity index (χ1) is 6.21. The van der Waals surface area contributed by atoms with Crippen LogP contribution in [0, 0.1) is 0 Å². The number of rotatable bonds is 0. The highest BCUT2D eigenvalue weighted by atomic mass is 32.2. The van der Waals surface area contributed by atoms with Crippen molar-refractivity contribution in [1.29, 1.82) is 0 Å². The predicted octanol–water partition coefficient (Wildman–Crippen LogP) is 3.54. The van der Waals surface area contributed by atoms with Gasteiger partial charge in [0.2, 0.25) is 4.75 Å². The Bertz CT molecular complexity index is 224. The first kappa shape index (κ1) is 11.7. The van der Waals surface area contributed by atoms with Gasteiger partial charge in [-0.1, -0.05) is 12.2 Å². The minimum Gasteiger partial charge on any atom is -0.169 e. The monoisotopic (exact) mass is 236 g/mol. The molecule has 0 atom stereocenters. The van der Waals surface area contributed by atoms with Gasteiger partial charge >= 0.3 is 12.4 Å². The van der Waals surface area contributed by atoms with Crippen LogP contribution in [-0.2, 0) is 0 Å². The van der Waals surface area contributed by atoms with E-state index in [0.717, 1.165) is 6.08 Å². The molecule has 0 N–H and O–H groups in total. The Balaban J connectivity index is 3.09. The molecule has 1 aliphatic rings. The average molecular weight is 236 g/mol. The maximum atomic E-state index is 12.3. The second-order valence-electron chi connectivity index (χ2n) is 2.81. The summed E-state index contributed by atoms with van der Waals surface area (Å²) in [6.45, 7) is 0. The molecule has 0 amide bonds. The van der Waals surface area contributed by atoms with Crippen LogP contribution in [-0.4, -0.2) is 22.9 Å². The molecule has 7 heteroatoms. The Labute approximate surface area is 80.3 Å². The van der Waals surface area contributed by atoms with Gasteiger partial charge in [-0.3, -0.25) is 0 Å². The summed E-state index contributed by atoms with van der Waals surface area (Å²) in [6.07, 6.45) is -9.33. The Morgan fingerprint density at radius 3 is 1.64 bits per heavy atom.